The van der Waals surface area contributed by atoms with Crippen LogP contribution in [0.2, 0.25) is 0 Å². The Kier molecular flexibility index (Phi) is 3.68. The van der Waals surface area contributed by atoms with Gasteiger partial charge in [0.25, 0.3) is 11.6 Å². The van der Waals surface area contributed by atoms with Gasteiger partial charge < -0.3 is 9.73 Å². The van der Waals surface area contributed by atoms with E-state index >= 15 is 0 Å². The standard InChI is InChI=1S/C18H14FN3O4/c1-9-13(19)6-11(7-15(9)22(24)25)17(23)20-12-4-5-16-14(8-12)21-18(26-16)10-2-3-10/h4-8,10H,2-3H2,1H3,(H,20,23). The van der Waals surface area contributed by atoms with Gasteiger partial charge in [-0.25, -0.2) is 9.37 Å². The maximum absolute atomic E-state index is 13.9. The minimum absolute atomic E-state index is 0.108. The van der Waals surface area contributed by atoms with Crippen LogP contribution in [0.15, 0.2) is 34.7 Å². The molecule has 4 rings (SSSR count). The van der Waals surface area contributed by atoms with E-state index in [1.807, 2.05) is 0 Å². The number of hydrogen-bond donors (Lipinski definition) is 1. The summed E-state index contributed by atoms with van der Waals surface area (Å²) in [4.78, 5) is 27.1. The highest BCUT2D eigenvalue weighted by atomic mass is 19.1. The predicted octanol–water partition coefficient (Wildman–Crippen LogP) is 4.31. The first-order valence-electron chi connectivity index (χ1n) is 8.09. The van der Waals surface area contributed by atoms with Gasteiger partial charge in [-0.05, 0) is 44.0 Å². The zero-order chi connectivity index (χ0) is 18.4. The molecule has 1 aromatic heterocycles. The van der Waals surface area contributed by atoms with E-state index in [0.29, 0.717) is 28.6 Å². The Morgan fingerprint density at radius 2 is 2.12 bits per heavy atom. The molecule has 0 bridgehead atoms. The van der Waals surface area contributed by atoms with E-state index in [1.54, 1.807) is 18.2 Å². The third-order valence-electron chi connectivity index (χ3n) is 4.36. The molecule has 0 atom stereocenters. The van der Waals surface area contributed by atoms with Gasteiger partial charge in [0, 0.05) is 23.2 Å². The van der Waals surface area contributed by atoms with E-state index in [9.17, 15) is 19.3 Å². The van der Waals surface area contributed by atoms with Crippen molar-refractivity contribution in [2.45, 2.75) is 25.7 Å². The second-order valence-corrected chi connectivity index (χ2v) is 6.32. The Labute approximate surface area is 147 Å². The van der Waals surface area contributed by atoms with Gasteiger partial charge in [0.1, 0.15) is 11.3 Å². The Morgan fingerprint density at radius 3 is 2.81 bits per heavy atom. The van der Waals surface area contributed by atoms with Gasteiger partial charge in [-0.1, -0.05) is 0 Å². The van der Waals surface area contributed by atoms with Gasteiger partial charge in [0.2, 0.25) is 0 Å². The van der Waals surface area contributed by atoms with Crippen LogP contribution in [0.3, 0.4) is 0 Å². The lowest BCUT2D eigenvalue weighted by atomic mass is 10.1. The maximum Gasteiger partial charge on any atom is 0.276 e. The van der Waals surface area contributed by atoms with E-state index in [0.717, 1.165) is 25.0 Å². The SMILES string of the molecule is Cc1c(F)cc(C(=O)Nc2ccc3oc(C4CC4)nc3c2)cc1[N+](=O)[O-]. The number of anilines is 1. The fraction of sp³-hybridized carbons (Fsp3) is 0.222. The summed E-state index contributed by atoms with van der Waals surface area (Å²) in [7, 11) is 0. The molecule has 0 unspecified atom stereocenters. The topological polar surface area (TPSA) is 98.3 Å². The normalized spacial score (nSPS) is 13.8. The second kappa shape index (κ2) is 5.91. The molecule has 1 aliphatic rings. The summed E-state index contributed by atoms with van der Waals surface area (Å²) in [6.07, 6.45) is 2.13. The monoisotopic (exact) mass is 355 g/mol. The molecule has 1 saturated carbocycles. The first kappa shape index (κ1) is 16.2. The summed E-state index contributed by atoms with van der Waals surface area (Å²) < 4.78 is 19.5. The van der Waals surface area contributed by atoms with Crippen molar-refractivity contribution in [2.75, 3.05) is 5.32 Å². The van der Waals surface area contributed by atoms with Crippen LogP contribution in [0.1, 0.15) is 40.6 Å². The van der Waals surface area contributed by atoms with E-state index in [-0.39, 0.29) is 11.1 Å². The molecule has 0 radical (unpaired) electrons. The number of nitrogens with zero attached hydrogens (tertiary/aromatic N) is 2. The largest absolute Gasteiger partial charge is 0.440 e. The molecule has 0 aliphatic heterocycles. The van der Waals surface area contributed by atoms with Crippen molar-refractivity contribution >= 4 is 28.4 Å². The average Bonchev–Trinajstić information content (AvgIpc) is 3.36. The molecule has 1 aliphatic carbocycles. The zero-order valence-corrected chi connectivity index (χ0v) is 13.8. The summed E-state index contributed by atoms with van der Waals surface area (Å²) in [6.45, 7) is 1.30. The summed E-state index contributed by atoms with van der Waals surface area (Å²) >= 11 is 0. The van der Waals surface area contributed by atoms with E-state index in [4.69, 9.17) is 4.42 Å². The number of rotatable bonds is 4. The van der Waals surface area contributed by atoms with Gasteiger partial charge in [-0.3, -0.25) is 14.9 Å². The number of carbonyl (C=O) groups is 1. The molecular formula is C18H14FN3O4. The smallest absolute Gasteiger partial charge is 0.276 e. The molecule has 132 valence electrons. The number of amides is 1. The Balaban J connectivity index is 1.61. The number of oxazole rings is 1. The second-order valence-electron chi connectivity index (χ2n) is 6.32. The molecule has 0 spiro atoms. The molecule has 8 heteroatoms. The summed E-state index contributed by atoms with van der Waals surface area (Å²) in [6, 6.07) is 7.04. The number of aromatic nitrogens is 1. The first-order chi connectivity index (χ1) is 12.4. The number of nitro benzene ring substituents is 1. The summed E-state index contributed by atoms with van der Waals surface area (Å²) in [5, 5.41) is 13.6. The van der Waals surface area contributed by atoms with Gasteiger partial charge in [-0.2, -0.15) is 0 Å². The highest BCUT2D eigenvalue weighted by Crippen LogP contribution is 2.40. The molecule has 1 fully saturated rings. The quantitative estimate of drug-likeness (QED) is 0.555. The van der Waals surface area contributed by atoms with Crippen molar-refractivity contribution < 1.29 is 18.5 Å². The van der Waals surface area contributed by atoms with Crippen molar-refractivity contribution in [1.29, 1.82) is 0 Å². The van der Waals surface area contributed by atoms with Crippen LogP contribution in [0.4, 0.5) is 15.8 Å². The minimum atomic E-state index is -0.801. The fourth-order valence-corrected chi connectivity index (χ4v) is 2.72. The number of fused-ring (bicyclic) bond motifs is 1. The van der Waals surface area contributed by atoms with E-state index < -0.39 is 22.3 Å². The molecule has 1 N–H and O–H groups in total. The molecule has 0 saturated heterocycles. The lowest BCUT2D eigenvalue weighted by molar-refractivity contribution is -0.385. The number of benzene rings is 2. The number of halogens is 1. The maximum atomic E-state index is 13.9. The predicted molar refractivity (Wildman–Crippen MR) is 91.7 cm³/mol. The number of nitrogens with one attached hydrogen (secondary N) is 1. The number of nitro groups is 1. The molecular weight excluding hydrogens is 341 g/mol. The van der Waals surface area contributed by atoms with Gasteiger partial charge >= 0.3 is 0 Å². The molecule has 1 heterocycles. The lowest BCUT2D eigenvalue weighted by Crippen LogP contribution is -2.13. The molecule has 26 heavy (non-hydrogen) atoms. The van der Waals surface area contributed by atoms with Crippen molar-refractivity contribution in [3.63, 3.8) is 0 Å². The van der Waals surface area contributed by atoms with Crippen LogP contribution in [0.25, 0.3) is 11.1 Å². The van der Waals surface area contributed by atoms with Gasteiger partial charge in [-0.15, -0.1) is 0 Å². The first-order valence-corrected chi connectivity index (χ1v) is 8.09. The summed E-state index contributed by atoms with van der Waals surface area (Å²) in [5.74, 6) is -0.376. The van der Waals surface area contributed by atoms with Crippen molar-refractivity contribution in [1.82, 2.24) is 4.98 Å². The highest BCUT2D eigenvalue weighted by molar-refractivity contribution is 6.05. The fourth-order valence-electron chi connectivity index (χ4n) is 2.72. The van der Waals surface area contributed by atoms with Crippen LogP contribution in [0, 0.1) is 22.9 Å². The van der Waals surface area contributed by atoms with Crippen molar-refractivity contribution in [2.24, 2.45) is 0 Å². The third kappa shape index (κ3) is 2.90. The van der Waals surface area contributed by atoms with E-state index in [1.165, 1.54) is 6.92 Å². The Morgan fingerprint density at radius 1 is 1.35 bits per heavy atom. The summed E-state index contributed by atoms with van der Waals surface area (Å²) in [5.41, 5.74) is 1.02. The molecule has 2 aromatic carbocycles. The Hall–Kier alpha value is -3.29. The van der Waals surface area contributed by atoms with Crippen LogP contribution < -0.4 is 5.32 Å². The molecule has 7 nitrogen and oxygen atoms in total. The highest BCUT2D eigenvalue weighted by Gasteiger charge is 2.29. The molecule has 1 amide bonds. The number of hydrogen-bond acceptors (Lipinski definition) is 5. The van der Waals surface area contributed by atoms with Gasteiger partial charge in [0.15, 0.2) is 11.5 Å². The lowest BCUT2D eigenvalue weighted by Gasteiger charge is -2.07. The van der Waals surface area contributed by atoms with Crippen molar-refractivity contribution in [3.8, 4) is 0 Å². The number of carbonyl (C=O) groups excluding carboxylic acids is 1. The van der Waals surface area contributed by atoms with Crippen LogP contribution in [-0.2, 0) is 0 Å². The van der Waals surface area contributed by atoms with Crippen LogP contribution in [-0.4, -0.2) is 15.8 Å². The van der Waals surface area contributed by atoms with Crippen LogP contribution >= 0.6 is 0 Å². The third-order valence-corrected chi connectivity index (χ3v) is 4.36. The van der Waals surface area contributed by atoms with Crippen LogP contribution in [0.5, 0.6) is 0 Å². The van der Waals surface area contributed by atoms with Gasteiger partial charge in [0.05, 0.1) is 10.5 Å². The minimum Gasteiger partial charge on any atom is -0.440 e. The van der Waals surface area contributed by atoms with E-state index in [2.05, 4.69) is 10.3 Å². The zero-order valence-electron chi connectivity index (χ0n) is 13.8. The van der Waals surface area contributed by atoms with Crippen molar-refractivity contribution in [3.05, 3.63) is 63.3 Å². The Bertz CT molecular complexity index is 1060. The molecule has 3 aromatic rings. The average molecular weight is 355 g/mol.